The largest absolute Gasteiger partial charge is 0.492 e. The highest BCUT2D eigenvalue weighted by Gasteiger charge is 2.60. The minimum Gasteiger partial charge on any atom is -0.492 e. The lowest BCUT2D eigenvalue weighted by atomic mass is 10.0. The van der Waals surface area contributed by atoms with Gasteiger partial charge in [-0.15, -0.1) is 0 Å². The molecule has 88 valence electrons. The van der Waals surface area contributed by atoms with E-state index in [2.05, 4.69) is 17.9 Å². The molecule has 0 bridgehead atoms. The quantitative estimate of drug-likeness (QED) is 0.380. The van der Waals surface area contributed by atoms with Gasteiger partial charge in [-0.1, -0.05) is 20.1 Å². The maximum atomic E-state index is 13.2. The zero-order chi connectivity index (χ0) is 12.3. The van der Waals surface area contributed by atoms with Gasteiger partial charge in [0.15, 0.2) is 5.76 Å². The van der Waals surface area contributed by atoms with Crippen LogP contribution in [0.1, 0.15) is 20.3 Å². The van der Waals surface area contributed by atoms with Crippen LogP contribution in [0.5, 0.6) is 0 Å². The van der Waals surface area contributed by atoms with Crippen molar-refractivity contribution in [2.24, 2.45) is 0 Å². The Balaban J connectivity index is 4.99. The number of alkyl halides is 4. The standard InChI is InChI=1S/C10H14F4O/c1-5-7(3)9(11,12)10(13,14)8(4)15-6-2/h3-6H2,1-2H3. The Hall–Kier alpha value is -1.00. The van der Waals surface area contributed by atoms with Crippen molar-refractivity contribution in [2.75, 3.05) is 6.61 Å². The zero-order valence-electron chi connectivity index (χ0n) is 8.75. The van der Waals surface area contributed by atoms with Gasteiger partial charge in [0.2, 0.25) is 0 Å². The van der Waals surface area contributed by atoms with E-state index < -0.39 is 23.2 Å². The van der Waals surface area contributed by atoms with E-state index >= 15 is 0 Å². The molecule has 0 aromatic heterocycles. The minimum absolute atomic E-state index is 0.136. The van der Waals surface area contributed by atoms with E-state index in [0.717, 1.165) is 0 Å². The molecule has 0 aromatic carbocycles. The van der Waals surface area contributed by atoms with Crippen LogP contribution in [0.25, 0.3) is 0 Å². The molecule has 0 amide bonds. The first-order chi connectivity index (χ1) is 6.71. The van der Waals surface area contributed by atoms with Crippen LogP contribution in [-0.2, 0) is 4.74 Å². The minimum atomic E-state index is -4.42. The summed E-state index contributed by atoms with van der Waals surface area (Å²) in [4.78, 5) is 0. The number of halogens is 4. The number of hydrogen-bond acceptors (Lipinski definition) is 1. The Labute approximate surface area is 86.4 Å². The smallest absolute Gasteiger partial charge is 0.369 e. The summed E-state index contributed by atoms with van der Waals surface area (Å²) in [6, 6.07) is 0. The van der Waals surface area contributed by atoms with Crippen LogP contribution in [0.15, 0.2) is 24.5 Å². The molecule has 15 heavy (non-hydrogen) atoms. The Morgan fingerprint density at radius 1 is 1.07 bits per heavy atom. The molecule has 5 heteroatoms. The summed E-state index contributed by atoms with van der Waals surface area (Å²) in [5, 5.41) is 0. The van der Waals surface area contributed by atoms with Gasteiger partial charge >= 0.3 is 11.8 Å². The van der Waals surface area contributed by atoms with Gasteiger partial charge in [0.05, 0.1) is 6.61 Å². The molecule has 0 atom stereocenters. The monoisotopic (exact) mass is 226 g/mol. The Kier molecular flexibility index (Phi) is 4.37. The van der Waals surface area contributed by atoms with Crippen LogP contribution in [0.2, 0.25) is 0 Å². The lowest BCUT2D eigenvalue weighted by molar-refractivity contribution is -0.183. The number of hydrogen-bond donors (Lipinski definition) is 0. The fourth-order valence-corrected chi connectivity index (χ4v) is 0.884. The van der Waals surface area contributed by atoms with Gasteiger partial charge in [0, 0.05) is 0 Å². The second-order valence-electron chi connectivity index (χ2n) is 2.96. The van der Waals surface area contributed by atoms with Gasteiger partial charge in [0.1, 0.15) is 0 Å². The average molecular weight is 226 g/mol. The summed E-state index contributed by atoms with van der Waals surface area (Å²) < 4.78 is 57.0. The van der Waals surface area contributed by atoms with Crippen molar-refractivity contribution in [1.82, 2.24) is 0 Å². The highest BCUT2D eigenvalue weighted by molar-refractivity contribution is 5.20. The first-order valence-electron chi connectivity index (χ1n) is 4.47. The fourth-order valence-electron chi connectivity index (χ4n) is 0.884. The highest BCUT2D eigenvalue weighted by atomic mass is 19.3. The van der Waals surface area contributed by atoms with E-state index in [1.54, 1.807) is 0 Å². The maximum Gasteiger partial charge on any atom is 0.369 e. The van der Waals surface area contributed by atoms with Crippen LogP contribution in [-0.4, -0.2) is 18.5 Å². The van der Waals surface area contributed by atoms with Crippen molar-refractivity contribution in [1.29, 1.82) is 0 Å². The van der Waals surface area contributed by atoms with Crippen molar-refractivity contribution in [3.8, 4) is 0 Å². The number of rotatable bonds is 6. The predicted molar refractivity (Wildman–Crippen MR) is 50.1 cm³/mol. The van der Waals surface area contributed by atoms with Gasteiger partial charge in [0.25, 0.3) is 0 Å². The molecule has 0 spiro atoms. The third-order valence-corrected chi connectivity index (χ3v) is 1.93. The number of allylic oxidation sites excluding steroid dienone is 2. The van der Waals surface area contributed by atoms with Crippen LogP contribution in [0, 0.1) is 0 Å². The second-order valence-corrected chi connectivity index (χ2v) is 2.96. The summed E-state index contributed by atoms with van der Waals surface area (Å²) >= 11 is 0. The first-order valence-corrected chi connectivity index (χ1v) is 4.47. The predicted octanol–water partition coefficient (Wildman–Crippen LogP) is 3.77. The van der Waals surface area contributed by atoms with Crippen LogP contribution >= 0.6 is 0 Å². The van der Waals surface area contributed by atoms with E-state index in [9.17, 15) is 17.6 Å². The van der Waals surface area contributed by atoms with Gasteiger partial charge < -0.3 is 4.74 Å². The first kappa shape index (κ1) is 14.0. The van der Waals surface area contributed by atoms with E-state index in [1.807, 2.05) is 0 Å². The molecule has 0 unspecified atom stereocenters. The molecule has 0 aliphatic carbocycles. The lowest BCUT2D eigenvalue weighted by Gasteiger charge is -2.28. The zero-order valence-corrected chi connectivity index (χ0v) is 8.75. The molecule has 0 aromatic rings. The van der Waals surface area contributed by atoms with E-state index in [1.165, 1.54) is 13.8 Å². The molecule has 0 heterocycles. The maximum absolute atomic E-state index is 13.2. The second kappa shape index (κ2) is 4.68. The summed E-state index contributed by atoms with van der Waals surface area (Å²) in [6.45, 7) is 8.34. The molecule has 0 aliphatic heterocycles. The lowest BCUT2D eigenvalue weighted by Crippen LogP contribution is -2.43. The number of ether oxygens (including phenoxy) is 1. The Morgan fingerprint density at radius 2 is 1.53 bits per heavy atom. The molecule has 0 saturated carbocycles. The topological polar surface area (TPSA) is 9.23 Å². The van der Waals surface area contributed by atoms with E-state index in [-0.39, 0.29) is 13.0 Å². The Morgan fingerprint density at radius 3 is 1.87 bits per heavy atom. The SMILES string of the molecule is C=C(CC)C(F)(F)C(F)(F)C(=C)OCC. The molecule has 0 saturated heterocycles. The molecule has 0 fully saturated rings. The highest BCUT2D eigenvalue weighted by Crippen LogP contribution is 2.44. The summed E-state index contributed by atoms with van der Waals surface area (Å²) in [5.41, 5.74) is -0.839. The van der Waals surface area contributed by atoms with Crippen LogP contribution in [0.4, 0.5) is 17.6 Å². The molecule has 0 N–H and O–H groups in total. The van der Waals surface area contributed by atoms with Crippen molar-refractivity contribution >= 4 is 0 Å². The molecular formula is C10H14F4O. The van der Waals surface area contributed by atoms with Crippen molar-refractivity contribution in [3.05, 3.63) is 24.5 Å². The van der Waals surface area contributed by atoms with E-state index in [4.69, 9.17) is 0 Å². The fraction of sp³-hybridized carbons (Fsp3) is 0.600. The molecular weight excluding hydrogens is 212 g/mol. The summed E-state index contributed by atoms with van der Waals surface area (Å²) in [5.74, 6) is -9.98. The van der Waals surface area contributed by atoms with Crippen molar-refractivity contribution in [3.63, 3.8) is 0 Å². The summed E-state index contributed by atoms with van der Waals surface area (Å²) in [7, 11) is 0. The van der Waals surface area contributed by atoms with E-state index in [0.29, 0.717) is 0 Å². The van der Waals surface area contributed by atoms with Crippen LogP contribution < -0.4 is 0 Å². The average Bonchev–Trinajstić information content (AvgIpc) is 2.16. The Bertz CT molecular complexity index is 258. The van der Waals surface area contributed by atoms with Gasteiger partial charge in [-0.3, -0.25) is 0 Å². The molecule has 0 radical (unpaired) electrons. The third-order valence-electron chi connectivity index (χ3n) is 1.93. The summed E-state index contributed by atoms with van der Waals surface area (Å²) in [6.07, 6.45) is -0.234. The normalized spacial score (nSPS) is 12.4. The van der Waals surface area contributed by atoms with Gasteiger partial charge in [-0.2, -0.15) is 17.6 Å². The van der Waals surface area contributed by atoms with Gasteiger partial charge in [-0.05, 0) is 18.9 Å². The van der Waals surface area contributed by atoms with Crippen LogP contribution in [0.3, 0.4) is 0 Å². The molecule has 1 nitrogen and oxygen atoms in total. The molecule has 0 aliphatic rings. The third kappa shape index (κ3) is 2.52. The van der Waals surface area contributed by atoms with Crippen molar-refractivity contribution in [2.45, 2.75) is 32.1 Å². The molecule has 0 rings (SSSR count). The van der Waals surface area contributed by atoms with Gasteiger partial charge in [-0.25, -0.2) is 0 Å². The van der Waals surface area contributed by atoms with Crippen molar-refractivity contribution < 1.29 is 22.3 Å².